The van der Waals surface area contributed by atoms with Crippen molar-refractivity contribution in [3.8, 4) is 22.6 Å². The van der Waals surface area contributed by atoms with E-state index in [-0.39, 0.29) is 30.1 Å². The molecule has 0 unspecified atom stereocenters. The van der Waals surface area contributed by atoms with Crippen molar-refractivity contribution in [3.63, 3.8) is 0 Å². The molecule has 0 radical (unpaired) electrons. The Labute approximate surface area is 233 Å². The number of nitrogens with one attached hydrogen (secondary N) is 1. The van der Waals surface area contributed by atoms with Crippen LogP contribution in [0.1, 0.15) is 24.4 Å². The molecule has 1 N–H and O–H groups in total. The lowest BCUT2D eigenvalue weighted by atomic mass is 10.1. The summed E-state index contributed by atoms with van der Waals surface area (Å²) in [7, 11) is 1.82. The van der Waals surface area contributed by atoms with Gasteiger partial charge >= 0.3 is 5.92 Å². The maximum absolute atomic E-state index is 15.6. The summed E-state index contributed by atoms with van der Waals surface area (Å²) in [5, 5.41) is 15.9. The molecule has 0 fully saturated rings. The largest absolute Gasteiger partial charge is 0.342 e. The number of nitrogens with zero attached hydrogens (tertiary/aromatic N) is 7. The van der Waals surface area contributed by atoms with E-state index in [0.717, 1.165) is 16.9 Å². The van der Waals surface area contributed by atoms with Gasteiger partial charge in [-0.05, 0) is 25.1 Å². The third kappa shape index (κ3) is 4.24. The second-order valence-corrected chi connectivity index (χ2v) is 9.72. The molecule has 6 rings (SSSR count). The van der Waals surface area contributed by atoms with E-state index in [1.54, 1.807) is 23.1 Å². The highest BCUT2D eigenvalue weighted by Gasteiger charge is 2.44. The van der Waals surface area contributed by atoms with Gasteiger partial charge in [0.2, 0.25) is 5.82 Å². The number of rotatable bonds is 5. The highest BCUT2D eigenvalue weighted by molar-refractivity contribution is 7.59. The van der Waals surface area contributed by atoms with Gasteiger partial charge in [0.05, 0.1) is 28.0 Å². The van der Waals surface area contributed by atoms with Crippen LogP contribution in [0.5, 0.6) is 0 Å². The first kappa shape index (κ1) is 26.2. The third-order valence-corrected chi connectivity index (χ3v) is 7.09. The number of aryl methyl sites for hydroxylation is 1. The van der Waals surface area contributed by atoms with Crippen LogP contribution in [0.15, 0.2) is 61.1 Å². The number of benzene rings is 1. The third-order valence-electron chi connectivity index (χ3n) is 6.46. The monoisotopic (exact) mass is 574 g/mol. The number of hydrogen-bond acceptors (Lipinski definition) is 5. The van der Waals surface area contributed by atoms with E-state index in [2.05, 4.69) is 25.6 Å². The van der Waals surface area contributed by atoms with Crippen LogP contribution >= 0.6 is 36.7 Å². The van der Waals surface area contributed by atoms with Gasteiger partial charge in [-0.2, -0.15) is 27.4 Å². The van der Waals surface area contributed by atoms with Crippen molar-refractivity contribution in [2.45, 2.75) is 25.4 Å². The van der Waals surface area contributed by atoms with Crippen molar-refractivity contribution in [3.05, 3.63) is 82.5 Å². The fraction of sp³-hybridized carbons (Fsp3) is 0.200. The molecule has 0 spiro atoms. The Kier molecular flexibility index (Phi) is 6.70. The van der Waals surface area contributed by atoms with Gasteiger partial charge in [-0.15, -0.1) is 10.2 Å². The summed E-state index contributed by atoms with van der Waals surface area (Å²) >= 11 is 12.6. The molecule has 1 atom stereocenters. The van der Waals surface area contributed by atoms with Crippen molar-refractivity contribution >= 4 is 48.3 Å². The molecule has 4 aromatic heterocycles. The van der Waals surface area contributed by atoms with Crippen LogP contribution in [-0.4, -0.2) is 34.1 Å². The van der Waals surface area contributed by atoms with E-state index >= 15 is 8.78 Å². The minimum absolute atomic E-state index is 0. The molecule has 13 heteroatoms. The van der Waals surface area contributed by atoms with Crippen molar-refractivity contribution in [1.29, 1.82) is 0 Å². The van der Waals surface area contributed by atoms with E-state index in [1.165, 1.54) is 22.8 Å². The van der Waals surface area contributed by atoms with E-state index in [9.17, 15) is 0 Å². The topological polar surface area (TPSA) is 78.4 Å². The van der Waals surface area contributed by atoms with Crippen molar-refractivity contribution in [2.75, 3.05) is 5.32 Å². The number of hydrogen-bond donors (Lipinski definition) is 1. The Morgan fingerprint density at radius 1 is 1.08 bits per heavy atom. The zero-order valence-electron chi connectivity index (χ0n) is 20.2. The van der Waals surface area contributed by atoms with E-state index in [0.29, 0.717) is 28.9 Å². The fourth-order valence-electron chi connectivity index (χ4n) is 4.65. The Balaban J connectivity index is 0.00000294. The smallest absolute Gasteiger partial charge is 0.333 e. The number of anilines is 2. The number of pyridine rings is 1. The molecule has 8 nitrogen and oxygen atoms in total. The van der Waals surface area contributed by atoms with Crippen molar-refractivity contribution in [2.24, 2.45) is 7.05 Å². The highest BCUT2D eigenvalue weighted by Crippen LogP contribution is 2.43. The predicted octanol–water partition coefficient (Wildman–Crippen LogP) is 6.42. The maximum Gasteiger partial charge on any atom is 0.333 e. The average molecular weight is 575 g/mol. The lowest BCUT2D eigenvalue weighted by Crippen LogP contribution is -2.28. The molecule has 0 amide bonds. The number of fused-ring (bicyclic) bond motifs is 3. The van der Waals surface area contributed by atoms with Gasteiger partial charge < -0.3 is 9.88 Å². The van der Waals surface area contributed by atoms with Crippen LogP contribution in [0, 0.1) is 0 Å². The van der Waals surface area contributed by atoms with Gasteiger partial charge in [0, 0.05) is 48.7 Å². The maximum atomic E-state index is 15.6. The van der Waals surface area contributed by atoms with E-state index in [4.69, 9.17) is 23.2 Å². The Bertz CT molecular complexity index is 1640. The fourth-order valence-corrected chi connectivity index (χ4v) is 5.12. The second-order valence-electron chi connectivity index (χ2n) is 8.90. The second kappa shape index (κ2) is 9.72. The van der Waals surface area contributed by atoms with Gasteiger partial charge in [-0.3, -0.25) is 9.25 Å². The number of alkyl halides is 2. The molecule has 0 aliphatic carbocycles. The first-order valence-corrected chi connectivity index (χ1v) is 12.2. The molecule has 0 bridgehead atoms. The Hall–Kier alpha value is -3.41. The van der Waals surface area contributed by atoms with Crippen LogP contribution in [-0.2, 0) is 19.5 Å². The lowest BCUT2D eigenvalue weighted by molar-refractivity contribution is 0.0269. The normalized spacial score (nSPS) is 14.5. The van der Waals surface area contributed by atoms with Gasteiger partial charge in [0.15, 0.2) is 5.82 Å². The van der Waals surface area contributed by atoms with Gasteiger partial charge in [-0.1, -0.05) is 41.4 Å². The molecule has 5 aromatic rings. The average Bonchev–Trinajstić information content (AvgIpc) is 3.59. The SMILES string of the molecule is C[C@H]1Cn2cc(-c3cc(Nc4ccnn4C)ncc3Cl)cc2-c2nnc(C(F)(F)c3ccccc3Cl)n21.S. The minimum Gasteiger partial charge on any atom is -0.342 e. The first-order chi connectivity index (χ1) is 17.7. The standard InChI is InChI=1S/C25H20Cl2F2N8.H2S/c1-14-12-36-13-15(16-10-21(30-11-19(16)27)32-22-7-8-31-35(22)2)9-20(36)23-33-34-24(37(14)23)25(28,29)17-5-3-4-6-18(17)26;/h3-11,13-14H,12H2,1-2H3,(H,30,32);1H2/t14-;/m0./s1. The molecule has 5 heterocycles. The summed E-state index contributed by atoms with van der Waals surface area (Å²) in [6.45, 7) is 2.31. The van der Waals surface area contributed by atoms with Crippen molar-refractivity contribution < 1.29 is 8.78 Å². The molecule has 1 aliphatic rings. The summed E-state index contributed by atoms with van der Waals surface area (Å²) in [5.74, 6) is -2.15. The number of halogens is 4. The molecule has 1 aromatic carbocycles. The zero-order valence-corrected chi connectivity index (χ0v) is 22.7. The van der Waals surface area contributed by atoms with Crippen LogP contribution in [0.25, 0.3) is 22.6 Å². The molecular formula is C25H22Cl2F2N8S. The van der Waals surface area contributed by atoms with Gasteiger partial charge in [0.25, 0.3) is 0 Å². The van der Waals surface area contributed by atoms with E-state index < -0.39 is 11.7 Å². The van der Waals surface area contributed by atoms with Crippen LogP contribution in [0.3, 0.4) is 0 Å². The summed E-state index contributed by atoms with van der Waals surface area (Å²) in [5.41, 5.74) is 1.90. The summed E-state index contributed by atoms with van der Waals surface area (Å²) in [4.78, 5) is 4.37. The van der Waals surface area contributed by atoms with Crippen LogP contribution in [0.2, 0.25) is 10.0 Å². The summed E-state index contributed by atoms with van der Waals surface area (Å²) in [6.07, 6.45) is 5.19. The minimum atomic E-state index is -3.42. The Morgan fingerprint density at radius 2 is 1.87 bits per heavy atom. The molecule has 196 valence electrons. The molecule has 38 heavy (non-hydrogen) atoms. The molecule has 0 saturated heterocycles. The molecule has 0 saturated carbocycles. The van der Waals surface area contributed by atoms with Gasteiger partial charge in [-0.25, -0.2) is 4.98 Å². The quantitative estimate of drug-likeness (QED) is 0.262. The van der Waals surface area contributed by atoms with E-state index in [1.807, 2.05) is 42.9 Å². The predicted molar refractivity (Wildman–Crippen MR) is 148 cm³/mol. The first-order valence-electron chi connectivity index (χ1n) is 11.4. The van der Waals surface area contributed by atoms with Crippen molar-refractivity contribution in [1.82, 2.24) is 34.1 Å². The van der Waals surface area contributed by atoms with Crippen LogP contribution < -0.4 is 5.32 Å². The summed E-state index contributed by atoms with van der Waals surface area (Å²) in [6, 6.07) is 11.1. The number of aromatic nitrogens is 7. The lowest BCUT2D eigenvalue weighted by Gasteiger charge is -2.27. The summed E-state index contributed by atoms with van der Waals surface area (Å²) < 4.78 is 36.4. The van der Waals surface area contributed by atoms with Crippen LogP contribution in [0.4, 0.5) is 20.4 Å². The zero-order chi connectivity index (χ0) is 25.9. The molecule has 1 aliphatic heterocycles. The Morgan fingerprint density at radius 3 is 2.61 bits per heavy atom. The van der Waals surface area contributed by atoms with Gasteiger partial charge in [0.1, 0.15) is 11.6 Å². The highest BCUT2D eigenvalue weighted by atomic mass is 35.5. The molecular weight excluding hydrogens is 553 g/mol.